The normalized spacial score (nSPS) is 21.9. The van der Waals surface area contributed by atoms with Gasteiger partial charge in [0.2, 0.25) is 5.91 Å². The van der Waals surface area contributed by atoms with E-state index in [-0.39, 0.29) is 28.3 Å². The quantitative estimate of drug-likeness (QED) is 0.651. The summed E-state index contributed by atoms with van der Waals surface area (Å²) in [5, 5.41) is 3.02. The van der Waals surface area contributed by atoms with Crippen molar-refractivity contribution >= 4 is 21.6 Å². The second-order valence-corrected chi connectivity index (χ2v) is 10.2. The van der Waals surface area contributed by atoms with Crippen LogP contribution < -0.4 is 19.1 Å². The fourth-order valence-corrected chi connectivity index (χ4v) is 6.27. The highest BCUT2D eigenvalue weighted by Crippen LogP contribution is 2.44. The first-order chi connectivity index (χ1) is 15.3. The first kappa shape index (κ1) is 22.4. The summed E-state index contributed by atoms with van der Waals surface area (Å²) in [5.41, 5.74) is 0.198. The minimum Gasteiger partial charge on any atom is -0.493 e. The first-order valence-corrected chi connectivity index (χ1v) is 12.1. The number of nitrogens with zero attached hydrogens (tertiary/aromatic N) is 1. The van der Waals surface area contributed by atoms with E-state index >= 15 is 0 Å². The van der Waals surface area contributed by atoms with Crippen LogP contribution in [-0.2, 0) is 14.8 Å². The number of benzene rings is 2. The van der Waals surface area contributed by atoms with E-state index < -0.39 is 22.4 Å². The summed E-state index contributed by atoms with van der Waals surface area (Å²) >= 11 is 0. The van der Waals surface area contributed by atoms with Crippen LogP contribution in [0.2, 0.25) is 0 Å². The average Bonchev–Trinajstić information content (AvgIpc) is 3.41. The predicted octanol–water partition coefficient (Wildman–Crippen LogP) is 3.34. The Morgan fingerprint density at radius 1 is 1.06 bits per heavy atom. The number of carbonyl (C=O) groups excluding carboxylic acids is 1. The van der Waals surface area contributed by atoms with Gasteiger partial charge in [0.25, 0.3) is 10.0 Å². The number of hydrogen-bond acceptors (Lipinski definition) is 5. The molecule has 2 aliphatic carbocycles. The van der Waals surface area contributed by atoms with Crippen LogP contribution in [0, 0.1) is 17.7 Å². The van der Waals surface area contributed by atoms with E-state index in [1.165, 1.54) is 63.1 Å². The maximum atomic E-state index is 13.5. The number of halogens is 1. The number of fused-ring (bicyclic) bond motifs is 2. The molecule has 2 aromatic rings. The van der Waals surface area contributed by atoms with Crippen LogP contribution in [0.4, 0.5) is 10.1 Å². The number of hydrogen-bond donors (Lipinski definition) is 1. The molecule has 32 heavy (non-hydrogen) atoms. The van der Waals surface area contributed by atoms with Crippen molar-refractivity contribution in [3.05, 3.63) is 48.3 Å². The zero-order valence-electron chi connectivity index (χ0n) is 18.1. The molecule has 172 valence electrons. The van der Waals surface area contributed by atoms with Crippen LogP contribution >= 0.6 is 0 Å². The van der Waals surface area contributed by atoms with E-state index in [0.717, 1.165) is 23.6 Å². The topological polar surface area (TPSA) is 84.9 Å². The number of nitrogens with one attached hydrogen (secondary N) is 1. The number of carbonyl (C=O) groups is 1. The molecule has 4 rings (SSSR count). The monoisotopic (exact) mass is 462 g/mol. The van der Waals surface area contributed by atoms with Crippen LogP contribution in [0.3, 0.4) is 0 Å². The van der Waals surface area contributed by atoms with Gasteiger partial charge in [-0.15, -0.1) is 0 Å². The Hall–Kier alpha value is -2.81. The second kappa shape index (κ2) is 8.97. The van der Waals surface area contributed by atoms with Crippen molar-refractivity contribution in [3.8, 4) is 11.5 Å². The largest absolute Gasteiger partial charge is 0.493 e. The molecule has 0 aliphatic heterocycles. The zero-order chi connectivity index (χ0) is 22.9. The number of methoxy groups -OCH3 is 2. The first-order valence-electron chi connectivity index (χ1n) is 10.6. The highest BCUT2D eigenvalue weighted by Gasteiger charge is 2.40. The molecule has 0 spiro atoms. The van der Waals surface area contributed by atoms with Crippen molar-refractivity contribution in [1.29, 1.82) is 0 Å². The lowest BCUT2D eigenvalue weighted by atomic mass is 9.95. The van der Waals surface area contributed by atoms with Crippen molar-refractivity contribution in [1.82, 2.24) is 5.32 Å². The minimum absolute atomic E-state index is 0.0628. The highest BCUT2D eigenvalue weighted by molar-refractivity contribution is 7.92. The standard InChI is InChI=1S/C23H27FN2O5S/c1-30-21-10-9-19(13-22(21)31-2)32(28,29)26(18-7-5-17(24)6-8-18)14-23(27)25-20-12-15-3-4-16(20)11-15/h5-10,13,15-16,20H,3-4,11-12,14H2,1-2H3,(H,25,27)/t15-,16+,20-/m1/s1. The second-order valence-electron chi connectivity index (χ2n) is 8.35. The van der Waals surface area contributed by atoms with E-state index in [2.05, 4.69) is 5.32 Å². The van der Waals surface area contributed by atoms with Gasteiger partial charge in [0.1, 0.15) is 12.4 Å². The number of ether oxygens (including phenoxy) is 2. The van der Waals surface area contributed by atoms with Crippen molar-refractivity contribution in [3.63, 3.8) is 0 Å². The lowest BCUT2D eigenvalue weighted by Gasteiger charge is -2.27. The molecule has 2 fully saturated rings. The van der Waals surface area contributed by atoms with Gasteiger partial charge in [-0.1, -0.05) is 6.42 Å². The van der Waals surface area contributed by atoms with Gasteiger partial charge < -0.3 is 14.8 Å². The highest BCUT2D eigenvalue weighted by atomic mass is 32.2. The maximum absolute atomic E-state index is 13.5. The Kier molecular flexibility index (Phi) is 6.28. The third-order valence-corrected chi connectivity index (χ3v) is 8.20. The molecule has 0 radical (unpaired) electrons. The van der Waals surface area contributed by atoms with Gasteiger partial charge in [0.05, 0.1) is 24.8 Å². The summed E-state index contributed by atoms with van der Waals surface area (Å²) in [6.45, 7) is -0.407. The molecule has 7 nitrogen and oxygen atoms in total. The van der Waals surface area contributed by atoms with Crippen molar-refractivity contribution in [2.75, 3.05) is 25.1 Å². The molecule has 2 aliphatic rings. The summed E-state index contributed by atoms with van der Waals surface area (Å²) in [4.78, 5) is 12.8. The van der Waals surface area contributed by atoms with E-state index in [4.69, 9.17) is 9.47 Å². The number of amides is 1. The number of sulfonamides is 1. The smallest absolute Gasteiger partial charge is 0.264 e. The lowest BCUT2D eigenvalue weighted by molar-refractivity contribution is -0.120. The van der Waals surface area contributed by atoms with Crippen molar-refractivity contribution < 1.29 is 27.1 Å². The average molecular weight is 463 g/mol. The SMILES string of the molecule is COc1ccc(S(=O)(=O)N(CC(=O)N[C@@H]2C[C@@H]3CC[C@H]2C3)c2ccc(F)cc2)cc1OC. The van der Waals surface area contributed by atoms with E-state index in [1.54, 1.807) is 0 Å². The van der Waals surface area contributed by atoms with Gasteiger partial charge in [0.15, 0.2) is 11.5 Å². The van der Waals surface area contributed by atoms with Gasteiger partial charge in [-0.2, -0.15) is 0 Å². The van der Waals surface area contributed by atoms with Crippen LogP contribution in [0.25, 0.3) is 0 Å². The predicted molar refractivity (Wildman–Crippen MR) is 118 cm³/mol. The molecule has 2 bridgehead atoms. The maximum Gasteiger partial charge on any atom is 0.264 e. The molecule has 3 atom stereocenters. The zero-order valence-corrected chi connectivity index (χ0v) is 18.9. The number of rotatable bonds is 8. The Bertz CT molecular complexity index is 1090. The molecule has 0 aromatic heterocycles. The summed E-state index contributed by atoms with van der Waals surface area (Å²) in [5.74, 6) is 0.868. The van der Waals surface area contributed by atoms with E-state index in [0.29, 0.717) is 17.6 Å². The Labute approximate surface area is 187 Å². The summed E-state index contributed by atoms with van der Waals surface area (Å²) in [6.07, 6.45) is 4.36. The number of anilines is 1. The summed E-state index contributed by atoms with van der Waals surface area (Å²) < 4.78 is 52.0. The van der Waals surface area contributed by atoms with Gasteiger partial charge >= 0.3 is 0 Å². The molecule has 2 saturated carbocycles. The van der Waals surface area contributed by atoms with Crippen molar-refractivity contribution in [2.24, 2.45) is 11.8 Å². The van der Waals surface area contributed by atoms with E-state index in [9.17, 15) is 17.6 Å². The van der Waals surface area contributed by atoms with Crippen LogP contribution in [0.15, 0.2) is 47.4 Å². The molecule has 9 heteroatoms. The Balaban J connectivity index is 1.63. The van der Waals surface area contributed by atoms with Crippen molar-refractivity contribution in [2.45, 2.75) is 36.6 Å². The molecule has 0 unspecified atom stereocenters. The summed E-state index contributed by atoms with van der Waals surface area (Å²) in [6, 6.07) is 9.33. The Morgan fingerprint density at radius 2 is 1.78 bits per heavy atom. The molecular formula is C23H27FN2O5S. The Morgan fingerprint density at radius 3 is 2.38 bits per heavy atom. The fraction of sp³-hybridized carbons (Fsp3) is 0.435. The third kappa shape index (κ3) is 4.39. The molecular weight excluding hydrogens is 435 g/mol. The van der Waals surface area contributed by atoms with Gasteiger partial charge in [0, 0.05) is 12.1 Å². The molecule has 2 aromatic carbocycles. The van der Waals surface area contributed by atoms with Gasteiger partial charge in [-0.3, -0.25) is 9.10 Å². The fourth-order valence-electron chi connectivity index (χ4n) is 4.83. The summed E-state index contributed by atoms with van der Waals surface area (Å²) in [7, 11) is -1.28. The minimum atomic E-state index is -4.15. The molecule has 1 amide bonds. The molecule has 1 N–H and O–H groups in total. The third-order valence-electron chi connectivity index (χ3n) is 6.43. The van der Waals surface area contributed by atoms with E-state index in [1.807, 2.05) is 0 Å². The van der Waals surface area contributed by atoms with Crippen LogP contribution in [-0.4, -0.2) is 41.1 Å². The van der Waals surface area contributed by atoms with Crippen LogP contribution in [0.5, 0.6) is 11.5 Å². The van der Waals surface area contributed by atoms with Crippen LogP contribution in [0.1, 0.15) is 25.7 Å². The molecule has 0 saturated heterocycles. The molecule has 0 heterocycles. The van der Waals surface area contributed by atoms with Gasteiger partial charge in [-0.25, -0.2) is 12.8 Å². The lowest BCUT2D eigenvalue weighted by Crippen LogP contribution is -2.46. The van der Waals surface area contributed by atoms with Gasteiger partial charge in [-0.05, 0) is 67.5 Å².